The molecule has 3 rings (SSSR count). The van der Waals surface area contributed by atoms with E-state index in [1.54, 1.807) is 13.8 Å². The second-order valence-corrected chi connectivity index (χ2v) is 11.6. The average molecular weight is 481 g/mol. The smallest absolute Gasteiger partial charge is 0.276 e. The maximum absolute atomic E-state index is 14.9. The summed E-state index contributed by atoms with van der Waals surface area (Å²) in [6.07, 6.45) is 9.59. The van der Waals surface area contributed by atoms with Crippen molar-refractivity contribution in [3.63, 3.8) is 0 Å². The van der Waals surface area contributed by atoms with Gasteiger partial charge in [0.15, 0.2) is 0 Å². The molecule has 3 nitrogen and oxygen atoms in total. The van der Waals surface area contributed by atoms with E-state index in [0.717, 1.165) is 37.7 Å². The lowest BCUT2D eigenvalue weighted by Gasteiger charge is -2.45. The third-order valence-electron chi connectivity index (χ3n) is 9.75. The molecule has 194 valence electrons. The van der Waals surface area contributed by atoms with Gasteiger partial charge < -0.3 is 15.3 Å². The highest BCUT2D eigenvalue weighted by Crippen LogP contribution is 2.60. The first-order chi connectivity index (χ1) is 15.9. The van der Waals surface area contributed by atoms with Crippen molar-refractivity contribution in [3.8, 4) is 0 Å². The summed E-state index contributed by atoms with van der Waals surface area (Å²) in [5, 5.41) is 30.6. The van der Waals surface area contributed by atoms with Crippen molar-refractivity contribution in [2.24, 2.45) is 23.2 Å². The first-order valence-electron chi connectivity index (χ1n) is 13.4. The van der Waals surface area contributed by atoms with Crippen LogP contribution in [0.2, 0.25) is 0 Å². The minimum atomic E-state index is -3.06. The number of aliphatic hydroxyl groups is 3. The molecule has 0 radical (unpaired) electrons. The van der Waals surface area contributed by atoms with Gasteiger partial charge in [-0.15, -0.1) is 0 Å². The molecule has 34 heavy (non-hydrogen) atoms. The van der Waals surface area contributed by atoms with E-state index in [1.807, 2.05) is 6.08 Å². The summed E-state index contributed by atoms with van der Waals surface area (Å²) in [5.74, 6) is -2.04. The number of fused-ring (bicyclic) bond motifs is 1. The zero-order valence-electron chi connectivity index (χ0n) is 21.6. The summed E-state index contributed by atoms with van der Waals surface area (Å²) < 4.78 is 29.7. The van der Waals surface area contributed by atoms with E-state index in [0.29, 0.717) is 36.7 Å². The van der Waals surface area contributed by atoms with E-state index in [-0.39, 0.29) is 30.6 Å². The maximum Gasteiger partial charge on any atom is 0.276 e. The van der Waals surface area contributed by atoms with Crippen LogP contribution in [-0.4, -0.2) is 39.1 Å². The summed E-state index contributed by atoms with van der Waals surface area (Å²) >= 11 is 0. The van der Waals surface area contributed by atoms with Crippen molar-refractivity contribution in [1.29, 1.82) is 0 Å². The molecular formula is C29H46F2O3. The summed E-state index contributed by atoms with van der Waals surface area (Å²) in [4.78, 5) is 0. The Kier molecular flexibility index (Phi) is 8.52. The fourth-order valence-electron chi connectivity index (χ4n) is 7.29. The predicted molar refractivity (Wildman–Crippen MR) is 134 cm³/mol. The third-order valence-corrected chi connectivity index (χ3v) is 9.75. The van der Waals surface area contributed by atoms with Gasteiger partial charge in [-0.3, -0.25) is 0 Å². The molecule has 3 saturated carbocycles. The molecule has 0 heterocycles. The van der Waals surface area contributed by atoms with Crippen LogP contribution in [0.3, 0.4) is 0 Å². The lowest BCUT2D eigenvalue weighted by molar-refractivity contribution is -0.190. The monoisotopic (exact) mass is 480 g/mol. The van der Waals surface area contributed by atoms with Crippen LogP contribution in [0.1, 0.15) is 98.3 Å². The minimum Gasteiger partial charge on any atom is -0.393 e. The zero-order chi connectivity index (χ0) is 25.3. The van der Waals surface area contributed by atoms with E-state index in [9.17, 15) is 24.1 Å². The van der Waals surface area contributed by atoms with Gasteiger partial charge in [-0.2, -0.15) is 0 Å². The van der Waals surface area contributed by atoms with Crippen molar-refractivity contribution < 1.29 is 24.1 Å². The fourth-order valence-corrected chi connectivity index (χ4v) is 7.29. The van der Waals surface area contributed by atoms with E-state index in [1.165, 1.54) is 5.57 Å². The van der Waals surface area contributed by atoms with E-state index >= 15 is 0 Å². The Bertz CT molecular complexity index is 797. The van der Waals surface area contributed by atoms with Crippen molar-refractivity contribution >= 4 is 0 Å². The number of aliphatic hydroxyl groups excluding tert-OH is 2. The molecule has 3 aliphatic rings. The molecule has 6 atom stereocenters. The zero-order valence-corrected chi connectivity index (χ0v) is 21.6. The quantitative estimate of drug-likeness (QED) is 0.361. The van der Waals surface area contributed by atoms with Gasteiger partial charge in [0.2, 0.25) is 0 Å². The van der Waals surface area contributed by atoms with Crippen LogP contribution in [0.25, 0.3) is 0 Å². The van der Waals surface area contributed by atoms with Crippen LogP contribution in [-0.2, 0) is 0 Å². The van der Waals surface area contributed by atoms with Gasteiger partial charge in [0.1, 0.15) is 5.60 Å². The standard InChI is InChI=1S/C29H46F2O3/c1-6-28(34,7-2)29(30,31)16-14-19(3)24-12-13-25-21(9-8-15-27(24,25)5)10-11-22-17-23(32)18-26(33)20(22)4/h10-11,19,23-26,32-34H,4,6-9,12-18H2,1-3,5H3/b21-10+,22-11-/t19-,23-,24-,25?,26?,27-/m1/s1. The van der Waals surface area contributed by atoms with E-state index in [4.69, 9.17) is 0 Å². The number of alkyl halides is 2. The Morgan fingerprint density at radius 1 is 1.18 bits per heavy atom. The summed E-state index contributed by atoms with van der Waals surface area (Å²) in [6.45, 7) is 11.8. The van der Waals surface area contributed by atoms with Crippen LogP contribution in [0.5, 0.6) is 0 Å². The molecule has 0 bridgehead atoms. The number of rotatable bonds is 8. The molecule has 0 aromatic heterocycles. The summed E-state index contributed by atoms with van der Waals surface area (Å²) in [6, 6.07) is 0. The van der Waals surface area contributed by atoms with E-state index < -0.39 is 23.7 Å². The van der Waals surface area contributed by atoms with Gasteiger partial charge in [0.25, 0.3) is 5.92 Å². The number of halogens is 2. The van der Waals surface area contributed by atoms with Gasteiger partial charge in [0, 0.05) is 12.8 Å². The molecule has 3 N–H and O–H groups in total. The molecule has 3 fully saturated rings. The SMILES string of the molecule is C=C1/C(=C\C=C2/CCC[C@@]3(C)C2CC[C@@H]3[C@H](C)CCC(F)(F)C(O)(CC)CC)C[C@@H](O)CC1O. The summed E-state index contributed by atoms with van der Waals surface area (Å²) in [5.41, 5.74) is 1.24. The molecule has 0 aliphatic heterocycles. The fraction of sp³-hybridized carbons (Fsp3) is 0.793. The molecule has 0 saturated heterocycles. The Hall–Kier alpha value is -1.04. The maximum atomic E-state index is 14.9. The van der Waals surface area contributed by atoms with Gasteiger partial charge in [0.05, 0.1) is 12.2 Å². The molecular weight excluding hydrogens is 434 g/mol. The van der Waals surface area contributed by atoms with Crippen LogP contribution < -0.4 is 0 Å². The molecule has 0 spiro atoms. The topological polar surface area (TPSA) is 60.7 Å². The van der Waals surface area contributed by atoms with Crippen LogP contribution in [0, 0.1) is 23.2 Å². The Morgan fingerprint density at radius 3 is 2.50 bits per heavy atom. The van der Waals surface area contributed by atoms with Crippen LogP contribution in [0.4, 0.5) is 8.78 Å². The van der Waals surface area contributed by atoms with Gasteiger partial charge in [-0.05, 0) is 92.1 Å². The lowest BCUT2D eigenvalue weighted by Crippen LogP contribution is -2.47. The summed E-state index contributed by atoms with van der Waals surface area (Å²) in [7, 11) is 0. The molecule has 0 aromatic carbocycles. The predicted octanol–water partition coefficient (Wildman–Crippen LogP) is 6.73. The number of allylic oxidation sites excluding steroid dienone is 3. The van der Waals surface area contributed by atoms with Crippen molar-refractivity contribution in [2.75, 3.05) is 0 Å². The molecule has 0 aromatic rings. The normalized spacial score (nSPS) is 36.2. The Balaban J connectivity index is 1.72. The van der Waals surface area contributed by atoms with Crippen LogP contribution >= 0.6 is 0 Å². The van der Waals surface area contributed by atoms with Crippen LogP contribution in [0.15, 0.2) is 35.5 Å². The lowest BCUT2D eigenvalue weighted by atomic mass is 9.60. The second-order valence-electron chi connectivity index (χ2n) is 11.6. The first kappa shape index (κ1) is 27.5. The van der Waals surface area contributed by atoms with Crippen molar-refractivity contribution in [2.45, 2.75) is 122 Å². The van der Waals surface area contributed by atoms with Crippen molar-refractivity contribution in [3.05, 3.63) is 35.5 Å². The van der Waals surface area contributed by atoms with E-state index in [2.05, 4.69) is 26.5 Å². The van der Waals surface area contributed by atoms with Gasteiger partial charge >= 0.3 is 0 Å². The highest BCUT2D eigenvalue weighted by atomic mass is 19.3. The molecule has 0 amide bonds. The third kappa shape index (κ3) is 5.22. The largest absolute Gasteiger partial charge is 0.393 e. The highest BCUT2D eigenvalue weighted by Gasteiger charge is 2.53. The second kappa shape index (κ2) is 10.5. The number of hydrogen-bond acceptors (Lipinski definition) is 3. The Labute approximate surface area is 205 Å². The molecule has 5 heteroatoms. The molecule has 2 unspecified atom stereocenters. The minimum absolute atomic E-state index is 0.0677. The highest BCUT2D eigenvalue weighted by molar-refractivity contribution is 5.38. The van der Waals surface area contributed by atoms with Crippen molar-refractivity contribution in [1.82, 2.24) is 0 Å². The molecule has 3 aliphatic carbocycles. The first-order valence-corrected chi connectivity index (χ1v) is 13.4. The number of hydrogen-bond donors (Lipinski definition) is 3. The Morgan fingerprint density at radius 2 is 1.85 bits per heavy atom. The van der Waals surface area contributed by atoms with Gasteiger partial charge in [-0.25, -0.2) is 8.78 Å². The van der Waals surface area contributed by atoms with Gasteiger partial charge in [-0.1, -0.05) is 52.0 Å². The average Bonchev–Trinajstić information content (AvgIpc) is 3.15.